The van der Waals surface area contributed by atoms with Crippen LogP contribution >= 0.6 is 0 Å². The molecule has 1 atom stereocenters. The van der Waals surface area contributed by atoms with Crippen molar-refractivity contribution in [3.8, 4) is 0 Å². The van der Waals surface area contributed by atoms with Crippen LogP contribution in [0.5, 0.6) is 0 Å². The minimum atomic E-state index is 0.543. The van der Waals surface area contributed by atoms with Crippen LogP contribution in [0.25, 0.3) is 0 Å². The number of hydrogen-bond donors (Lipinski definition) is 2. The van der Waals surface area contributed by atoms with E-state index in [1.807, 2.05) is 0 Å². The summed E-state index contributed by atoms with van der Waals surface area (Å²) in [5.41, 5.74) is 0.805. The van der Waals surface area contributed by atoms with Crippen LogP contribution in [0.1, 0.15) is 20.8 Å². The van der Waals surface area contributed by atoms with E-state index in [0.717, 1.165) is 18.6 Å². The van der Waals surface area contributed by atoms with Crippen molar-refractivity contribution in [3.05, 3.63) is 0 Å². The van der Waals surface area contributed by atoms with Gasteiger partial charge in [-0.3, -0.25) is 0 Å². The lowest BCUT2D eigenvalue weighted by Gasteiger charge is -2.22. The summed E-state index contributed by atoms with van der Waals surface area (Å²) in [6.07, 6.45) is 0.543. The van der Waals surface area contributed by atoms with Gasteiger partial charge >= 0.3 is 0 Å². The molecule has 2 N–H and O–H groups in total. The molecule has 10 heavy (non-hydrogen) atoms. The Bertz CT molecular complexity index is 70.0. The fourth-order valence-corrected chi connectivity index (χ4v) is 1.45. The predicted octanol–water partition coefficient (Wildman–Crippen LogP) is -0.295. The van der Waals surface area contributed by atoms with Gasteiger partial charge in [-0.25, -0.2) is 0 Å². The Hall–Kier alpha value is 0.137. The van der Waals surface area contributed by atoms with Gasteiger partial charge in [0.25, 0.3) is 0 Å². The molecule has 0 aliphatic carbocycles. The van der Waals surface area contributed by atoms with Gasteiger partial charge in [0, 0.05) is 10.2 Å². The lowest BCUT2D eigenvalue weighted by Crippen LogP contribution is -2.44. The molecule has 0 aliphatic rings. The highest BCUT2D eigenvalue weighted by Gasteiger charge is 2.08. The molecule has 0 bridgehead atoms. The number of rotatable bonds is 5. The summed E-state index contributed by atoms with van der Waals surface area (Å²) in [4.78, 5) is 0. The zero-order chi connectivity index (χ0) is 7.98. The maximum atomic E-state index is 3.41. The van der Waals surface area contributed by atoms with E-state index in [1.54, 1.807) is 0 Å². The molecule has 0 aliphatic heterocycles. The van der Waals surface area contributed by atoms with Crippen molar-refractivity contribution >= 4 is 10.2 Å². The Balaban J connectivity index is 3.50. The summed E-state index contributed by atoms with van der Waals surface area (Å²) >= 11 is 0. The molecular formula is C7H20N2Si. The normalized spacial score (nSPS) is 14.4. The minimum Gasteiger partial charge on any atom is -0.302 e. The van der Waals surface area contributed by atoms with Gasteiger partial charge in [-0.2, -0.15) is 0 Å². The molecule has 2 nitrogen and oxygen atoms in total. The van der Waals surface area contributed by atoms with Crippen molar-refractivity contribution in [2.24, 2.45) is 0 Å². The summed E-state index contributed by atoms with van der Waals surface area (Å²) in [6, 6.07) is 0. The first-order chi connectivity index (χ1) is 4.72. The quantitative estimate of drug-likeness (QED) is 0.426. The highest BCUT2D eigenvalue weighted by atomic mass is 28.1. The molecule has 0 amide bonds. The van der Waals surface area contributed by atoms with Gasteiger partial charge in [0.05, 0.1) is 6.17 Å². The van der Waals surface area contributed by atoms with E-state index in [1.165, 1.54) is 10.2 Å². The van der Waals surface area contributed by atoms with Gasteiger partial charge in [0.15, 0.2) is 0 Å². The van der Waals surface area contributed by atoms with Gasteiger partial charge in [0.2, 0.25) is 0 Å². The molecular weight excluding hydrogens is 140 g/mol. The van der Waals surface area contributed by atoms with Crippen molar-refractivity contribution < 1.29 is 0 Å². The molecule has 1 unspecified atom stereocenters. The van der Waals surface area contributed by atoms with E-state index in [2.05, 4.69) is 31.4 Å². The summed E-state index contributed by atoms with van der Waals surface area (Å²) in [6.45, 7) is 8.69. The van der Waals surface area contributed by atoms with Gasteiger partial charge < -0.3 is 10.6 Å². The van der Waals surface area contributed by atoms with E-state index in [0.29, 0.717) is 6.17 Å². The molecule has 0 aromatic rings. The number of hydrogen-bond acceptors (Lipinski definition) is 2. The molecule has 0 saturated carbocycles. The van der Waals surface area contributed by atoms with Gasteiger partial charge in [-0.05, 0) is 18.6 Å². The molecule has 0 aromatic heterocycles. The van der Waals surface area contributed by atoms with Crippen LogP contribution in [0.4, 0.5) is 0 Å². The van der Waals surface area contributed by atoms with E-state index >= 15 is 0 Å². The van der Waals surface area contributed by atoms with Crippen LogP contribution in [-0.2, 0) is 0 Å². The molecule has 62 valence electrons. The third-order valence-corrected chi connectivity index (χ3v) is 2.18. The van der Waals surface area contributed by atoms with Gasteiger partial charge in [-0.15, -0.1) is 0 Å². The zero-order valence-electron chi connectivity index (χ0n) is 7.57. The van der Waals surface area contributed by atoms with E-state index in [4.69, 9.17) is 0 Å². The third kappa shape index (κ3) is 4.03. The van der Waals surface area contributed by atoms with Crippen molar-refractivity contribution in [2.45, 2.75) is 32.5 Å². The van der Waals surface area contributed by atoms with Gasteiger partial charge in [-0.1, -0.05) is 20.8 Å². The second-order valence-electron chi connectivity index (χ2n) is 2.84. The van der Waals surface area contributed by atoms with E-state index in [-0.39, 0.29) is 0 Å². The Morgan fingerprint density at radius 2 is 1.60 bits per heavy atom. The molecule has 0 fully saturated rings. The lowest BCUT2D eigenvalue weighted by atomic mass is 10.3. The monoisotopic (exact) mass is 160 g/mol. The topological polar surface area (TPSA) is 24.1 Å². The maximum Gasteiger partial charge on any atom is 0.0564 e. The van der Waals surface area contributed by atoms with E-state index in [9.17, 15) is 0 Å². The zero-order valence-corrected chi connectivity index (χ0v) is 9.57. The van der Waals surface area contributed by atoms with Crippen molar-refractivity contribution in [1.29, 1.82) is 0 Å². The fraction of sp³-hybridized carbons (Fsp3) is 1.00. The molecule has 0 aromatic carbocycles. The standard InChI is InChI=1S/C7H20N2Si/c1-4-8-7(6(3)10)9-5-2/h6-9H,4-5H2,1-3,10H3. The smallest absolute Gasteiger partial charge is 0.0564 e. The summed E-state index contributed by atoms with van der Waals surface area (Å²) < 4.78 is 0. The summed E-state index contributed by atoms with van der Waals surface area (Å²) in [5.74, 6) is 0. The van der Waals surface area contributed by atoms with Crippen molar-refractivity contribution in [3.63, 3.8) is 0 Å². The molecule has 0 saturated heterocycles. The van der Waals surface area contributed by atoms with Crippen LogP contribution in [0.15, 0.2) is 0 Å². The molecule has 0 radical (unpaired) electrons. The summed E-state index contributed by atoms with van der Waals surface area (Å²) in [5, 5.41) is 6.81. The second kappa shape index (κ2) is 5.89. The molecule has 0 rings (SSSR count). The van der Waals surface area contributed by atoms with Crippen molar-refractivity contribution in [1.82, 2.24) is 10.6 Å². The van der Waals surface area contributed by atoms with Crippen LogP contribution in [0, 0.1) is 0 Å². The first-order valence-electron chi connectivity index (χ1n) is 4.19. The van der Waals surface area contributed by atoms with Crippen molar-refractivity contribution in [2.75, 3.05) is 13.1 Å². The largest absolute Gasteiger partial charge is 0.302 e. The number of nitrogens with one attached hydrogen (secondary N) is 2. The van der Waals surface area contributed by atoms with Crippen LogP contribution < -0.4 is 10.6 Å². The molecule has 3 heteroatoms. The minimum absolute atomic E-state index is 0.543. The maximum absolute atomic E-state index is 3.41. The molecule has 0 spiro atoms. The van der Waals surface area contributed by atoms with Crippen LogP contribution in [0.3, 0.4) is 0 Å². The average molecular weight is 160 g/mol. The fourth-order valence-electron chi connectivity index (χ4n) is 0.983. The predicted molar refractivity (Wildman–Crippen MR) is 50.5 cm³/mol. The Kier molecular flexibility index (Phi) is 5.97. The first-order valence-corrected chi connectivity index (χ1v) is 5.34. The Labute approximate surface area is 67.2 Å². The highest BCUT2D eigenvalue weighted by Crippen LogP contribution is 1.99. The van der Waals surface area contributed by atoms with Gasteiger partial charge in [0.1, 0.15) is 0 Å². The second-order valence-corrected chi connectivity index (χ2v) is 4.66. The third-order valence-electron chi connectivity index (χ3n) is 1.51. The Morgan fingerprint density at radius 1 is 1.20 bits per heavy atom. The summed E-state index contributed by atoms with van der Waals surface area (Å²) in [7, 11) is 1.26. The highest BCUT2D eigenvalue weighted by molar-refractivity contribution is 6.11. The van der Waals surface area contributed by atoms with Crippen LogP contribution in [0.2, 0.25) is 5.54 Å². The lowest BCUT2D eigenvalue weighted by molar-refractivity contribution is 0.433. The average Bonchev–Trinajstić information content (AvgIpc) is 1.87. The first kappa shape index (κ1) is 10.1. The van der Waals surface area contributed by atoms with Crippen LogP contribution in [-0.4, -0.2) is 29.5 Å². The molecule has 0 heterocycles. The SMILES string of the molecule is CCNC(NCC)C(C)[SiH3]. The Morgan fingerprint density at radius 3 is 1.80 bits per heavy atom. The van der Waals surface area contributed by atoms with E-state index < -0.39 is 0 Å².